The van der Waals surface area contributed by atoms with Gasteiger partial charge in [-0.15, -0.1) is 0 Å². The Morgan fingerprint density at radius 1 is 1.32 bits per heavy atom. The van der Waals surface area contributed by atoms with Crippen LogP contribution in [0.5, 0.6) is 0 Å². The zero-order valence-corrected chi connectivity index (χ0v) is 10.7. The van der Waals surface area contributed by atoms with Crippen LogP contribution in [0.25, 0.3) is 0 Å². The number of rotatable bonds is 5. The number of nitrogens with one attached hydrogen (secondary N) is 1. The summed E-state index contributed by atoms with van der Waals surface area (Å²) >= 11 is 0. The summed E-state index contributed by atoms with van der Waals surface area (Å²) in [6.07, 6.45) is 4.47. The van der Waals surface area contributed by atoms with Crippen LogP contribution in [0.3, 0.4) is 0 Å². The molecule has 0 aliphatic heterocycles. The van der Waals surface area contributed by atoms with Gasteiger partial charge < -0.3 is 10.4 Å². The van der Waals surface area contributed by atoms with E-state index in [1.54, 1.807) is 6.20 Å². The second kappa shape index (κ2) is 6.31. The number of carbonyl (C=O) groups excluding carboxylic acids is 1. The molecule has 5 heteroatoms. The molecule has 1 heterocycles. The number of hydrogen-bond donors (Lipinski definition) is 2. The van der Waals surface area contributed by atoms with E-state index in [1.165, 1.54) is 0 Å². The first kappa shape index (κ1) is 13.5. The molecule has 102 valence electrons. The Morgan fingerprint density at radius 3 is 2.79 bits per heavy atom. The van der Waals surface area contributed by atoms with E-state index in [0.717, 1.165) is 12.1 Å². The van der Waals surface area contributed by atoms with Crippen LogP contribution in [0, 0.1) is 11.8 Å². The highest BCUT2D eigenvalue weighted by atomic mass is 16.4. The Labute approximate surface area is 112 Å². The molecule has 2 N–H and O–H groups in total. The van der Waals surface area contributed by atoms with E-state index in [-0.39, 0.29) is 11.8 Å². The molecule has 5 nitrogen and oxygen atoms in total. The third-order valence-corrected chi connectivity index (χ3v) is 3.58. The topological polar surface area (TPSA) is 79.3 Å². The maximum atomic E-state index is 12.0. The van der Waals surface area contributed by atoms with E-state index in [0.29, 0.717) is 25.8 Å². The Morgan fingerprint density at radius 2 is 2.11 bits per heavy atom. The molecule has 1 fully saturated rings. The van der Waals surface area contributed by atoms with Gasteiger partial charge >= 0.3 is 5.97 Å². The number of carboxylic acids is 1. The number of pyridine rings is 1. The second-order valence-corrected chi connectivity index (χ2v) is 4.84. The summed E-state index contributed by atoms with van der Waals surface area (Å²) in [5.41, 5.74) is 0.920. The van der Waals surface area contributed by atoms with Crippen LogP contribution in [-0.4, -0.2) is 28.5 Å². The number of amides is 1. The van der Waals surface area contributed by atoms with Crippen LogP contribution < -0.4 is 5.32 Å². The van der Waals surface area contributed by atoms with Crippen LogP contribution in [-0.2, 0) is 16.0 Å². The predicted molar refractivity (Wildman–Crippen MR) is 69.4 cm³/mol. The summed E-state index contributed by atoms with van der Waals surface area (Å²) in [5, 5.41) is 11.9. The molecule has 1 aliphatic rings. The maximum Gasteiger partial charge on any atom is 0.307 e. The normalized spacial score (nSPS) is 22.1. The Bertz CT molecular complexity index is 447. The summed E-state index contributed by atoms with van der Waals surface area (Å²) in [6, 6.07) is 5.65. The number of aromatic nitrogens is 1. The quantitative estimate of drug-likeness (QED) is 0.836. The second-order valence-electron chi connectivity index (χ2n) is 4.84. The molecule has 1 aliphatic carbocycles. The summed E-state index contributed by atoms with van der Waals surface area (Å²) < 4.78 is 0. The Hall–Kier alpha value is -1.91. The van der Waals surface area contributed by atoms with E-state index < -0.39 is 11.9 Å². The van der Waals surface area contributed by atoms with Gasteiger partial charge in [-0.2, -0.15) is 0 Å². The average molecular weight is 262 g/mol. The van der Waals surface area contributed by atoms with Crippen molar-refractivity contribution < 1.29 is 14.7 Å². The highest BCUT2D eigenvalue weighted by molar-refractivity contribution is 5.85. The van der Waals surface area contributed by atoms with Crippen LogP contribution >= 0.6 is 0 Å². The number of carbonyl (C=O) groups is 2. The van der Waals surface area contributed by atoms with Gasteiger partial charge in [-0.3, -0.25) is 14.6 Å². The highest BCUT2D eigenvalue weighted by Gasteiger charge is 2.37. The number of hydrogen-bond acceptors (Lipinski definition) is 3. The summed E-state index contributed by atoms with van der Waals surface area (Å²) in [7, 11) is 0. The van der Waals surface area contributed by atoms with Crippen molar-refractivity contribution in [2.24, 2.45) is 11.8 Å². The highest BCUT2D eigenvalue weighted by Crippen LogP contribution is 2.31. The van der Waals surface area contributed by atoms with Gasteiger partial charge in [-0.25, -0.2) is 0 Å². The van der Waals surface area contributed by atoms with Gasteiger partial charge in [0.25, 0.3) is 0 Å². The lowest BCUT2D eigenvalue weighted by Crippen LogP contribution is -2.36. The zero-order valence-electron chi connectivity index (χ0n) is 10.7. The van der Waals surface area contributed by atoms with E-state index in [4.69, 9.17) is 5.11 Å². The monoisotopic (exact) mass is 262 g/mol. The molecule has 0 aromatic carbocycles. The van der Waals surface area contributed by atoms with E-state index >= 15 is 0 Å². The van der Waals surface area contributed by atoms with Crippen molar-refractivity contribution in [3.05, 3.63) is 30.1 Å². The minimum atomic E-state index is -0.859. The van der Waals surface area contributed by atoms with Crippen molar-refractivity contribution in [3.63, 3.8) is 0 Å². The number of nitrogens with zero attached hydrogens (tertiary/aromatic N) is 1. The lowest BCUT2D eigenvalue weighted by atomic mass is 9.95. The van der Waals surface area contributed by atoms with Crippen molar-refractivity contribution in [1.82, 2.24) is 10.3 Å². The molecule has 1 saturated carbocycles. The van der Waals surface area contributed by atoms with Crippen LogP contribution in [0.2, 0.25) is 0 Å². The Balaban J connectivity index is 1.80. The third kappa shape index (κ3) is 3.53. The number of aliphatic carboxylic acids is 1. The molecule has 0 bridgehead atoms. The first-order valence-electron chi connectivity index (χ1n) is 6.59. The fourth-order valence-electron chi connectivity index (χ4n) is 2.56. The van der Waals surface area contributed by atoms with E-state index in [1.807, 2.05) is 18.2 Å². The van der Waals surface area contributed by atoms with Gasteiger partial charge in [0.15, 0.2) is 0 Å². The van der Waals surface area contributed by atoms with Crippen LogP contribution in [0.4, 0.5) is 0 Å². The summed E-state index contributed by atoms with van der Waals surface area (Å²) in [6.45, 7) is 0.499. The number of carboxylic acid groups (broad SMARTS) is 1. The maximum absolute atomic E-state index is 12.0. The largest absolute Gasteiger partial charge is 0.481 e. The molecular weight excluding hydrogens is 244 g/mol. The van der Waals surface area contributed by atoms with E-state index in [9.17, 15) is 9.59 Å². The molecule has 0 unspecified atom stereocenters. The fraction of sp³-hybridized carbons (Fsp3) is 0.500. The molecule has 2 rings (SSSR count). The van der Waals surface area contributed by atoms with Crippen LogP contribution in [0.1, 0.15) is 25.0 Å². The lowest BCUT2D eigenvalue weighted by molar-refractivity contribution is -0.146. The summed E-state index contributed by atoms with van der Waals surface area (Å²) in [5.74, 6) is -1.89. The van der Waals surface area contributed by atoms with Gasteiger partial charge in [0.1, 0.15) is 0 Å². The van der Waals surface area contributed by atoms with E-state index in [2.05, 4.69) is 10.3 Å². The molecule has 0 saturated heterocycles. The van der Waals surface area contributed by atoms with Gasteiger partial charge in [0.2, 0.25) is 5.91 Å². The fourth-order valence-corrected chi connectivity index (χ4v) is 2.56. The Kier molecular flexibility index (Phi) is 4.49. The SMILES string of the molecule is O=C(O)[C@H]1CCC[C@H]1C(=O)NCCc1ccccn1. The molecule has 0 spiro atoms. The lowest BCUT2D eigenvalue weighted by Gasteiger charge is -2.15. The minimum Gasteiger partial charge on any atom is -0.481 e. The van der Waals surface area contributed by atoms with Crippen molar-refractivity contribution in [2.75, 3.05) is 6.54 Å². The molecule has 1 aromatic heterocycles. The standard InChI is InChI=1S/C14H18N2O3/c17-13(11-5-3-6-12(11)14(18)19)16-9-7-10-4-1-2-8-15-10/h1-2,4,8,11-12H,3,5-7,9H2,(H,16,17)(H,18,19)/t11-,12+/m1/s1. The average Bonchev–Trinajstić information content (AvgIpc) is 2.89. The molecule has 0 radical (unpaired) electrons. The smallest absolute Gasteiger partial charge is 0.307 e. The molecule has 19 heavy (non-hydrogen) atoms. The van der Waals surface area contributed by atoms with Gasteiger partial charge in [0.05, 0.1) is 11.8 Å². The minimum absolute atomic E-state index is 0.138. The van der Waals surface area contributed by atoms with Crippen LogP contribution in [0.15, 0.2) is 24.4 Å². The van der Waals surface area contributed by atoms with Gasteiger partial charge in [0, 0.05) is 24.9 Å². The predicted octanol–water partition coefficient (Wildman–Crippen LogP) is 1.24. The third-order valence-electron chi connectivity index (χ3n) is 3.58. The first-order valence-corrected chi connectivity index (χ1v) is 6.59. The van der Waals surface area contributed by atoms with Gasteiger partial charge in [-0.1, -0.05) is 12.5 Å². The molecular formula is C14H18N2O3. The van der Waals surface area contributed by atoms with Gasteiger partial charge in [-0.05, 0) is 25.0 Å². The van der Waals surface area contributed by atoms with Crippen molar-refractivity contribution in [1.29, 1.82) is 0 Å². The van der Waals surface area contributed by atoms with Crippen molar-refractivity contribution in [3.8, 4) is 0 Å². The van der Waals surface area contributed by atoms with Crippen molar-refractivity contribution in [2.45, 2.75) is 25.7 Å². The van der Waals surface area contributed by atoms with Crippen molar-refractivity contribution >= 4 is 11.9 Å². The molecule has 1 aromatic rings. The summed E-state index contributed by atoms with van der Waals surface area (Å²) in [4.78, 5) is 27.1. The molecule has 2 atom stereocenters. The first-order chi connectivity index (χ1) is 9.18. The zero-order chi connectivity index (χ0) is 13.7. The molecule has 1 amide bonds.